The van der Waals surface area contributed by atoms with Crippen molar-refractivity contribution in [2.24, 2.45) is 11.7 Å². The summed E-state index contributed by atoms with van der Waals surface area (Å²) < 4.78 is 2.01. The Labute approximate surface area is 108 Å². The average molecular weight is 241 g/mol. The van der Waals surface area contributed by atoms with Gasteiger partial charge in [0, 0.05) is 12.7 Å². The van der Waals surface area contributed by atoms with Crippen LogP contribution in [0.15, 0.2) is 36.5 Å². The summed E-state index contributed by atoms with van der Waals surface area (Å²) in [4.78, 5) is 0. The van der Waals surface area contributed by atoms with E-state index in [4.69, 9.17) is 5.73 Å². The van der Waals surface area contributed by atoms with Gasteiger partial charge in [-0.25, -0.2) is 0 Å². The first-order chi connectivity index (χ1) is 8.79. The molecule has 0 fully saturated rings. The van der Waals surface area contributed by atoms with Crippen LogP contribution < -0.4 is 5.73 Å². The maximum atomic E-state index is 6.44. The Kier molecular flexibility index (Phi) is 2.92. The lowest BCUT2D eigenvalue weighted by Gasteiger charge is -2.19. The highest BCUT2D eigenvalue weighted by atomic mass is 15.3. The first-order valence-corrected chi connectivity index (χ1v) is 6.63. The van der Waals surface area contributed by atoms with E-state index in [0.29, 0.717) is 5.92 Å². The van der Waals surface area contributed by atoms with Gasteiger partial charge in [-0.1, -0.05) is 24.3 Å². The van der Waals surface area contributed by atoms with Crippen LogP contribution in [0.3, 0.4) is 0 Å². The molecular formula is C15H19N3. The van der Waals surface area contributed by atoms with Crippen LogP contribution in [-0.2, 0) is 19.4 Å². The molecule has 3 nitrogen and oxygen atoms in total. The maximum Gasteiger partial charge on any atom is 0.0554 e. The molecule has 1 aliphatic carbocycles. The van der Waals surface area contributed by atoms with Gasteiger partial charge in [0.1, 0.15) is 0 Å². The molecule has 18 heavy (non-hydrogen) atoms. The molecule has 0 bridgehead atoms. The van der Waals surface area contributed by atoms with E-state index in [1.807, 2.05) is 10.9 Å². The third-order valence-electron chi connectivity index (χ3n) is 3.98. The van der Waals surface area contributed by atoms with E-state index in [9.17, 15) is 0 Å². The van der Waals surface area contributed by atoms with Gasteiger partial charge in [-0.3, -0.25) is 4.68 Å². The molecule has 0 saturated carbocycles. The van der Waals surface area contributed by atoms with Crippen molar-refractivity contribution in [3.63, 3.8) is 0 Å². The van der Waals surface area contributed by atoms with Crippen molar-refractivity contribution in [3.8, 4) is 0 Å². The predicted octanol–water partition coefficient (Wildman–Crippen LogP) is 2.32. The van der Waals surface area contributed by atoms with Crippen LogP contribution in [0.4, 0.5) is 0 Å². The summed E-state index contributed by atoms with van der Waals surface area (Å²) in [7, 11) is 0. The molecule has 0 saturated heterocycles. The second-order valence-corrected chi connectivity index (χ2v) is 5.03. The van der Waals surface area contributed by atoms with E-state index in [-0.39, 0.29) is 6.04 Å². The van der Waals surface area contributed by atoms with E-state index < -0.39 is 0 Å². The molecule has 0 amide bonds. The Morgan fingerprint density at radius 3 is 2.56 bits per heavy atom. The van der Waals surface area contributed by atoms with Crippen molar-refractivity contribution in [1.82, 2.24) is 9.78 Å². The minimum atomic E-state index is 0.0832. The second-order valence-electron chi connectivity index (χ2n) is 5.03. The maximum absolute atomic E-state index is 6.44. The molecule has 3 heteroatoms. The molecule has 1 aliphatic rings. The lowest BCUT2D eigenvalue weighted by atomic mass is 9.95. The summed E-state index contributed by atoms with van der Waals surface area (Å²) in [6, 6.07) is 10.8. The fourth-order valence-electron chi connectivity index (χ4n) is 2.98. The van der Waals surface area contributed by atoms with E-state index in [1.165, 1.54) is 11.1 Å². The zero-order valence-electron chi connectivity index (χ0n) is 10.7. The highest BCUT2D eigenvalue weighted by Gasteiger charge is 2.28. The molecule has 2 N–H and O–H groups in total. The standard InChI is InChI=1S/C15H19N3/c1-2-18-14(7-8-17-18)15(16)13-9-11-5-3-4-6-12(11)10-13/h3-8,13,15H,2,9-10,16H2,1H3. The summed E-state index contributed by atoms with van der Waals surface area (Å²) in [6.45, 7) is 2.99. The molecule has 94 valence electrons. The van der Waals surface area contributed by atoms with E-state index in [0.717, 1.165) is 25.1 Å². The normalized spacial score (nSPS) is 16.8. The molecule has 1 unspecified atom stereocenters. The zero-order valence-corrected chi connectivity index (χ0v) is 10.7. The first kappa shape index (κ1) is 11.5. The van der Waals surface area contributed by atoms with Crippen molar-refractivity contribution >= 4 is 0 Å². The number of hydrogen-bond donors (Lipinski definition) is 1. The molecule has 0 aliphatic heterocycles. The SMILES string of the molecule is CCn1nccc1C(N)C1Cc2ccccc2C1. The van der Waals surface area contributed by atoms with Crippen LogP contribution in [0, 0.1) is 5.92 Å². The molecule has 2 aromatic rings. The average Bonchev–Trinajstić information content (AvgIpc) is 3.03. The molecule has 3 rings (SSSR count). The van der Waals surface area contributed by atoms with Crippen LogP contribution in [0.2, 0.25) is 0 Å². The Morgan fingerprint density at radius 2 is 1.94 bits per heavy atom. The fourth-order valence-corrected chi connectivity index (χ4v) is 2.98. The number of hydrogen-bond acceptors (Lipinski definition) is 2. The van der Waals surface area contributed by atoms with E-state index in [2.05, 4.69) is 42.4 Å². The van der Waals surface area contributed by atoms with Crippen molar-refractivity contribution in [3.05, 3.63) is 53.3 Å². The number of rotatable bonds is 3. The smallest absolute Gasteiger partial charge is 0.0554 e. The lowest BCUT2D eigenvalue weighted by molar-refractivity contribution is 0.422. The number of aromatic nitrogens is 2. The third kappa shape index (κ3) is 1.85. The minimum absolute atomic E-state index is 0.0832. The van der Waals surface area contributed by atoms with Gasteiger partial charge in [0.2, 0.25) is 0 Å². The van der Waals surface area contributed by atoms with Crippen LogP contribution in [-0.4, -0.2) is 9.78 Å². The topological polar surface area (TPSA) is 43.8 Å². The number of nitrogens with zero attached hydrogens (tertiary/aromatic N) is 2. The quantitative estimate of drug-likeness (QED) is 0.896. The number of nitrogens with two attached hydrogens (primary N) is 1. The van der Waals surface area contributed by atoms with Crippen LogP contribution in [0.5, 0.6) is 0 Å². The Bertz CT molecular complexity index is 519. The predicted molar refractivity (Wildman–Crippen MR) is 72.2 cm³/mol. The minimum Gasteiger partial charge on any atom is -0.322 e. The van der Waals surface area contributed by atoms with Crippen LogP contribution >= 0.6 is 0 Å². The van der Waals surface area contributed by atoms with Crippen molar-refractivity contribution in [2.45, 2.75) is 32.4 Å². The molecule has 1 atom stereocenters. The monoisotopic (exact) mass is 241 g/mol. The molecule has 1 heterocycles. The van der Waals surface area contributed by atoms with Crippen molar-refractivity contribution in [1.29, 1.82) is 0 Å². The zero-order chi connectivity index (χ0) is 12.5. The van der Waals surface area contributed by atoms with Gasteiger partial charge >= 0.3 is 0 Å². The molecule has 0 radical (unpaired) electrons. The van der Waals surface area contributed by atoms with Gasteiger partial charge in [0.25, 0.3) is 0 Å². The Balaban J connectivity index is 1.82. The second kappa shape index (κ2) is 4.58. The van der Waals surface area contributed by atoms with Crippen molar-refractivity contribution < 1.29 is 0 Å². The van der Waals surface area contributed by atoms with Gasteiger partial charge in [0.05, 0.1) is 11.7 Å². The third-order valence-corrected chi connectivity index (χ3v) is 3.98. The van der Waals surface area contributed by atoms with Gasteiger partial charge in [-0.05, 0) is 42.9 Å². The summed E-state index contributed by atoms with van der Waals surface area (Å²) in [6.07, 6.45) is 4.03. The summed E-state index contributed by atoms with van der Waals surface area (Å²) in [5.74, 6) is 0.504. The number of fused-ring (bicyclic) bond motifs is 1. The number of aryl methyl sites for hydroxylation is 1. The largest absolute Gasteiger partial charge is 0.322 e. The fraction of sp³-hybridized carbons (Fsp3) is 0.400. The van der Waals surface area contributed by atoms with Crippen molar-refractivity contribution in [2.75, 3.05) is 0 Å². The van der Waals surface area contributed by atoms with Gasteiger partial charge in [0.15, 0.2) is 0 Å². The number of benzene rings is 1. The molecule has 1 aromatic heterocycles. The van der Waals surface area contributed by atoms with Crippen LogP contribution in [0.25, 0.3) is 0 Å². The lowest BCUT2D eigenvalue weighted by Crippen LogP contribution is -2.24. The van der Waals surface area contributed by atoms with Gasteiger partial charge < -0.3 is 5.73 Å². The van der Waals surface area contributed by atoms with E-state index in [1.54, 1.807) is 0 Å². The molecular weight excluding hydrogens is 222 g/mol. The summed E-state index contributed by atoms with van der Waals surface area (Å²) in [5, 5.41) is 4.31. The highest BCUT2D eigenvalue weighted by Crippen LogP contribution is 2.33. The van der Waals surface area contributed by atoms with E-state index >= 15 is 0 Å². The Hall–Kier alpha value is -1.61. The Morgan fingerprint density at radius 1 is 1.28 bits per heavy atom. The first-order valence-electron chi connectivity index (χ1n) is 6.63. The molecule has 1 aromatic carbocycles. The summed E-state index contributed by atoms with van der Waals surface area (Å²) in [5.41, 5.74) is 10.5. The molecule has 0 spiro atoms. The van der Waals surface area contributed by atoms with Crippen LogP contribution in [0.1, 0.15) is 29.8 Å². The summed E-state index contributed by atoms with van der Waals surface area (Å²) >= 11 is 0. The highest BCUT2D eigenvalue weighted by molar-refractivity contribution is 5.33. The van der Waals surface area contributed by atoms with Gasteiger partial charge in [-0.15, -0.1) is 0 Å². The van der Waals surface area contributed by atoms with Gasteiger partial charge in [-0.2, -0.15) is 5.10 Å².